The van der Waals surface area contributed by atoms with Crippen LogP contribution in [-0.2, 0) is 11.2 Å². The molecule has 6 heteroatoms. The van der Waals surface area contributed by atoms with E-state index in [1.165, 1.54) is 0 Å². The van der Waals surface area contributed by atoms with Crippen molar-refractivity contribution in [3.63, 3.8) is 0 Å². The van der Waals surface area contributed by atoms with Gasteiger partial charge >= 0.3 is 6.03 Å². The molecule has 1 aliphatic rings. The van der Waals surface area contributed by atoms with E-state index in [2.05, 4.69) is 16.0 Å². The zero-order valence-electron chi connectivity index (χ0n) is 15.3. The van der Waals surface area contributed by atoms with Crippen molar-refractivity contribution in [2.24, 2.45) is 5.92 Å². The van der Waals surface area contributed by atoms with E-state index in [1.807, 2.05) is 55.5 Å². The summed E-state index contributed by atoms with van der Waals surface area (Å²) >= 11 is 5.96. The largest absolute Gasteiger partial charge is 0.338 e. The molecule has 5 nitrogen and oxygen atoms in total. The molecule has 142 valence electrons. The van der Waals surface area contributed by atoms with Crippen molar-refractivity contribution < 1.29 is 9.59 Å². The number of halogens is 1. The smallest absolute Gasteiger partial charge is 0.315 e. The molecule has 27 heavy (non-hydrogen) atoms. The highest BCUT2D eigenvalue weighted by Gasteiger charge is 2.29. The maximum absolute atomic E-state index is 12.1. The van der Waals surface area contributed by atoms with E-state index in [0.29, 0.717) is 11.6 Å². The van der Waals surface area contributed by atoms with Crippen LogP contribution in [0.5, 0.6) is 0 Å². The molecule has 1 aliphatic carbocycles. The maximum atomic E-state index is 12.1. The summed E-state index contributed by atoms with van der Waals surface area (Å²) in [4.78, 5) is 23.8. The van der Waals surface area contributed by atoms with Crippen molar-refractivity contribution in [3.05, 3.63) is 64.7 Å². The Kier molecular flexibility index (Phi) is 6.35. The Bertz CT molecular complexity index is 803. The van der Waals surface area contributed by atoms with Gasteiger partial charge in [-0.05, 0) is 61.6 Å². The number of rotatable bonds is 7. The molecule has 3 amide bonds. The molecule has 2 aromatic rings. The second-order valence-corrected chi connectivity index (χ2v) is 7.32. The predicted molar refractivity (Wildman–Crippen MR) is 108 cm³/mol. The first-order valence-corrected chi connectivity index (χ1v) is 9.58. The Hall–Kier alpha value is -2.53. The van der Waals surface area contributed by atoms with Crippen molar-refractivity contribution >= 4 is 29.2 Å². The minimum atomic E-state index is -0.212. The minimum Gasteiger partial charge on any atom is -0.338 e. The van der Waals surface area contributed by atoms with Crippen LogP contribution in [0.3, 0.4) is 0 Å². The summed E-state index contributed by atoms with van der Waals surface area (Å²) in [6.07, 6.45) is 2.69. The topological polar surface area (TPSA) is 70.2 Å². The molecular weight excluding hydrogens is 362 g/mol. The van der Waals surface area contributed by atoms with Crippen molar-refractivity contribution in [3.8, 4) is 0 Å². The molecule has 3 N–H and O–H groups in total. The highest BCUT2D eigenvalue weighted by molar-refractivity contribution is 6.30. The van der Waals surface area contributed by atoms with E-state index in [1.54, 1.807) is 0 Å². The molecule has 0 spiro atoms. The standard InChI is InChI=1S/C21H24ClN3O2/c1-14(16-7-9-19(10-8-16)25-20(26)17-5-6-17)24-21(27)23-12-11-15-3-2-4-18(22)13-15/h2-4,7-10,13-14,17H,5-6,11-12H2,1H3,(H,25,26)(H2,23,24,27). The Morgan fingerprint density at radius 3 is 2.56 bits per heavy atom. The van der Waals surface area contributed by atoms with Crippen LogP contribution < -0.4 is 16.0 Å². The normalized spacial score (nSPS) is 14.3. The number of urea groups is 1. The SMILES string of the molecule is CC(NC(=O)NCCc1cccc(Cl)c1)c1ccc(NC(=O)C2CC2)cc1. The lowest BCUT2D eigenvalue weighted by molar-refractivity contribution is -0.117. The Labute approximate surface area is 164 Å². The van der Waals surface area contributed by atoms with Crippen LogP contribution in [0.25, 0.3) is 0 Å². The first kappa shape index (κ1) is 19.2. The number of nitrogens with one attached hydrogen (secondary N) is 3. The maximum Gasteiger partial charge on any atom is 0.315 e. The van der Waals surface area contributed by atoms with Crippen molar-refractivity contribution in [2.75, 3.05) is 11.9 Å². The van der Waals surface area contributed by atoms with Crippen LogP contribution in [0, 0.1) is 5.92 Å². The number of hydrogen-bond acceptors (Lipinski definition) is 2. The number of carbonyl (C=O) groups is 2. The van der Waals surface area contributed by atoms with Gasteiger partial charge in [-0.1, -0.05) is 35.9 Å². The fourth-order valence-corrected chi connectivity index (χ4v) is 3.00. The van der Waals surface area contributed by atoms with Crippen LogP contribution in [0.4, 0.5) is 10.5 Å². The van der Waals surface area contributed by atoms with E-state index < -0.39 is 0 Å². The van der Waals surface area contributed by atoms with E-state index >= 15 is 0 Å². The Balaban J connectivity index is 1.42. The van der Waals surface area contributed by atoms with Crippen LogP contribution >= 0.6 is 11.6 Å². The summed E-state index contributed by atoms with van der Waals surface area (Å²) in [5, 5.41) is 9.38. The highest BCUT2D eigenvalue weighted by Crippen LogP contribution is 2.30. The summed E-state index contributed by atoms with van der Waals surface area (Å²) in [7, 11) is 0. The van der Waals surface area contributed by atoms with Gasteiger partial charge in [0.15, 0.2) is 0 Å². The molecule has 3 rings (SSSR count). The molecule has 0 heterocycles. The van der Waals surface area contributed by atoms with Gasteiger partial charge in [0.05, 0.1) is 6.04 Å². The van der Waals surface area contributed by atoms with Crippen molar-refractivity contribution in [1.29, 1.82) is 0 Å². The van der Waals surface area contributed by atoms with Gasteiger partial charge in [0.2, 0.25) is 5.91 Å². The average molecular weight is 386 g/mol. The summed E-state index contributed by atoms with van der Waals surface area (Å²) in [6.45, 7) is 2.46. The summed E-state index contributed by atoms with van der Waals surface area (Å²) in [6, 6.07) is 14.8. The summed E-state index contributed by atoms with van der Waals surface area (Å²) in [5.74, 6) is 0.272. The highest BCUT2D eigenvalue weighted by atomic mass is 35.5. The van der Waals surface area contributed by atoms with E-state index in [4.69, 9.17) is 11.6 Å². The molecule has 1 atom stereocenters. The van der Waals surface area contributed by atoms with Crippen LogP contribution in [-0.4, -0.2) is 18.5 Å². The van der Waals surface area contributed by atoms with E-state index in [-0.39, 0.29) is 23.9 Å². The number of anilines is 1. The van der Waals surface area contributed by atoms with Gasteiger partial charge in [0.25, 0.3) is 0 Å². The molecule has 0 aromatic heterocycles. The summed E-state index contributed by atoms with van der Waals surface area (Å²) < 4.78 is 0. The molecular formula is C21H24ClN3O2. The predicted octanol–water partition coefficient (Wildman–Crippen LogP) is 4.29. The third kappa shape index (κ3) is 6.00. The monoisotopic (exact) mass is 385 g/mol. The zero-order chi connectivity index (χ0) is 19.2. The van der Waals surface area contributed by atoms with Gasteiger partial charge in [-0.15, -0.1) is 0 Å². The molecule has 0 saturated heterocycles. The van der Waals surface area contributed by atoms with Crippen molar-refractivity contribution in [2.45, 2.75) is 32.2 Å². The van der Waals surface area contributed by atoms with Crippen LogP contribution in [0.2, 0.25) is 5.02 Å². The van der Waals surface area contributed by atoms with Gasteiger partial charge in [0.1, 0.15) is 0 Å². The fraction of sp³-hybridized carbons (Fsp3) is 0.333. The second-order valence-electron chi connectivity index (χ2n) is 6.89. The number of amides is 3. The van der Waals surface area contributed by atoms with Gasteiger partial charge in [-0.25, -0.2) is 4.79 Å². The van der Waals surface area contributed by atoms with Gasteiger partial charge < -0.3 is 16.0 Å². The number of hydrogen-bond donors (Lipinski definition) is 3. The minimum absolute atomic E-state index is 0.0907. The number of carbonyl (C=O) groups excluding carboxylic acids is 2. The second kappa shape index (κ2) is 8.91. The number of benzene rings is 2. The molecule has 0 radical (unpaired) electrons. The first-order valence-electron chi connectivity index (χ1n) is 9.21. The third-order valence-corrected chi connectivity index (χ3v) is 4.80. The zero-order valence-corrected chi connectivity index (χ0v) is 16.1. The molecule has 1 unspecified atom stereocenters. The quantitative estimate of drug-likeness (QED) is 0.665. The average Bonchev–Trinajstić information content (AvgIpc) is 3.47. The van der Waals surface area contributed by atoms with Gasteiger partial charge in [-0.2, -0.15) is 0 Å². The summed E-state index contributed by atoms with van der Waals surface area (Å²) in [5.41, 5.74) is 2.85. The third-order valence-electron chi connectivity index (χ3n) is 4.56. The molecule has 1 saturated carbocycles. The lowest BCUT2D eigenvalue weighted by Gasteiger charge is -2.16. The Morgan fingerprint density at radius 1 is 1.15 bits per heavy atom. The molecule has 2 aromatic carbocycles. The lowest BCUT2D eigenvalue weighted by Crippen LogP contribution is -2.38. The Morgan fingerprint density at radius 2 is 1.89 bits per heavy atom. The molecule has 0 aliphatic heterocycles. The first-order chi connectivity index (χ1) is 13.0. The lowest BCUT2D eigenvalue weighted by atomic mass is 10.1. The van der Waals surface area contributed by atoms with Crippen LogP contribution in [0.15, 0.2) is 48.5 Å². The van der Waals surface area contributed by atoms with Gasteiger partial charge in [-0.3, -0.25) is 4.79 Å². The van der Waals surface area contributed by atoms with Crippen molar-refractivity contribution in [1.82, 2.24) is 10.6 Å². The van der Waals surface area contributed by atoms with Gasteiger partial charge in [0, 0.05) is 23.2 Å². The van der Waals surface area contributed by atoms with Crippen LogP contribution in [0.1, 0.15) is 36.9 Å². The fourth-order valence-electron chi connectivity index (χ4n) is 2.79. The van der Waals surface area contributed by atoms with E-state index in [0.717, 1.165) is 36.1 Å². The molecule has 1 fully saturated rings. The molecule has 0 bridgehead atoms. The van der Waals surface area contributed by atoms with E-state index in [9.17, 15) is 9.59 Å².